The van der Waals surface area contributed by atoms with Gasteiger partial charge in [0.15, 0.2) is 0 Å². The minimum atomic E-state index is -0.728. The number of hydrogen-bond acceptors (Lipinski definition) is 3. The summed E-state index contributed by atoms with van der Waals surface area (Å²) < 4.78 is 13.0. The molecule has 0 saturated carbocycles. The molecule has 1 atom stereocenters. The predicted molar refractivity (Wildman–Crippen MR) is 86.3 cm³/mol. The maximum atomic E-state index is 13.0. The van der Waals surface area contributed by atoms with Crippen molar-refractivity contribution in [3.8, 4) is 0 Å². The molecule has 1 heterocycles. The fourth-order valence-electron chi connectivity index (χ4n) is 2.72. The van der Waals surface area contributed by atoms with E-state index in [9.17, 15) is 18.8 Å². The Morgan fingerprint density at radius 1 is 1.12 bits per heavy atom. The molecule has 1 aromatic rings. The average molecular weight is 335 g/mol. The number of amides is 3. The Morgan fingerprint density at radius 2 is 1.75 bits per heavy atom. The maximum Gasteiger partial charge on any atom is 0.245 e. The zero-order valence-electron chi connectivity index (χ0n) is 13.5. The van der Waals surface area contributed by atoms with Gasteiger partial charge in [0.1, 0.15) is 11.9 Å². The van der Waals surface area contributed by atoms with E-state index in [-0.39, 0.29) is 31.0 Å². The number of primary amides is 1. The zero-order chi connectivity index (χ0) is 17.5. The molecule has 6 nitrogen and oxygen atoms in total. The fraction of sp³-hybridized carbons (Fsp3) is 0.471. The lowest BCUT2D eigenvalue weighted by Crippen LogP contribution is -2.49. The summed E-state index contributed by atoms with van der Waals surface area (Å²) in [5, 5.41) is 2.68. The van der Waals surface area contributed by atoms with Gasteiger partial charge >= 0.3 is 0 Å². The number of carbonyl (C=O) groups excluding carboxylic acids is 3. The molecule has 1 fully saturated rings. The Balaban J connectivity index is 2.04. The number of rotatable bonds is 7. The van der Waals surface area contributed by atoms with Gasteiger partial charge in [-0.25, -0.2) is 4.39 Å². The number of benzene rings is 1. The normalized spacial score (nSPS) is 15.1. The van der Waals surface area contributed by atoms with Crippen molar-refractivity contribution in [1.29, 1.82) is 0 Å². The third-order valence-corrected chi connectivity index (χ3v) is 4.00. The Kier molecular flexibility index (Phi) is 6.28. The van der Waals surface area contributed by atoms with Gasteiger partial charge in [-0.05, 0) is 30.5 Å². The summed E-state index contributed by atoms with van der Waals surface area (Å²) >= 11 is 0. The van der Waals surface area contributed by atoms with Crippen LogP contribution >= 0.6 is 0 Å². The molecule has 0 spiro atoms. The highest BCUT2D eigenvalue weighted by Crippen LogP contribution is 2.13. The van der Waals surface area contributed by atoms with Crippen LogP contribution < -0.4 is 11.1 Å². The van der Waals surface area contributed by atoms with Crippen molar-refractivity contribution in [2.24, 2.45) is 5.73 Å². The topological polar surface area (TPSA) is 92.5 Å². The standard InChI is InChI=1S/C17H22FN3O3/c18-13-5-3-12(4-6-13)11-14(17(24)21-9-1-2-10-21)20-16(23)8-7-15(19)22/h3-6,14H,1-2,7-11H2,(H2,19,22)(H,20,23). The third-order valence-electron chi connectivity index (χ3n) is 4.00. The monoisotopic (exact) mass is 335 g/mol. The van der Waals surface area contributed by atoms with E-state index in [0.717, 1.165) is 18.4 Å². The second-order valence-electron chi connectivity index (χ2n) is 5.95. The van der Waals surface area contributed by atoms with Gasteiger partial charge in [-0.2, -0.15) is 0 Å². The van der Waals surface area contributed by atoms with E-state index in [1.807, 2.05) is 0 Å². The van der Waals surface area contributed by atoms with Gasteiger partial charge in [-0.1, -0.05) is 12.1 Å². The number of halogens is 1. The van der Waals surface area contributed by atoms with E-state index >= 15 is 0 Å². The van der Waals surface area contributed by atoms with Crippen LogP contribution in [0.2, 0.25) is 0 Å². The molecular weight excluding hydrogens is 313 g/mol. The Labute approximate surface area is 140 Å². The molecule has 0 aliphatic carbocycles. The number of hydrogen-bond donors (Lipinski definition) is 2. The quantitative estimate of drug-likeness (QED) is 0.770. The molecule has 1 aliphatic rings. The van der Waals surface area contributed by atoms with Crippen LogP contribution in [0.15, 0.2) is 24.3 Å². The lowest BCUT2D eigenvalue weighted by atomic mass is 10.0. The molecule has 1 aromatic carbocycles. The Bertz CT molecular complexity index is 598. The molecule has 130 valence electrons. The van der Waals surface area contributed by atoms with Crippen molar-refractivity contribution in [2.75, 3.05) is 13.1 Å². The van der Waals surface area contributed by atoms with E-state index in [1.165, 1.54) is 12.1 Å². The van der Waals surface area contributed by atoms with E-state index < -0.39 is 17.9 Å². The zero-order valence-corrected chi connectivity index (χ0v) is 13.5. The number of nitrogens with zero attached hydrogens (tertiary/aromatic N) is 1. The van der Waals surface area contributed by atoms with Gasteiger partial charge in [0, 0.05) is 32.4 Å². The summed E-state index contributed by atoms with van der Waals surface area (Å²) in [5.74, 6) is -1.46. The van der Waals surface area contributed by atoms with Crippen molar-refractivity contribution in [3.05, 3.63) is 35.6 Å². The fourth-order valence-corrected chi connectivity index (χ4v) is 2.72. The van der Waals surface area contributed by atoms with Crippen LogP contribution in [-0.4, -0.2) is 41.8 Å². The van der Waals surface area contributed by atoms with Gasteiger partial charge in [-0.3, -0.25) is 14.4 Å². The second kappa shape index (κ2) is 8.42. The molecule has 1 unspecified atom stereocenters. The molecule has 1 saturated heterocycles. The van der Waals surface area contributed by atoms with Crippen LogP contribution in [0.25, 0.3) is 0 Å². The first-order valence-corrected chi connectivity index (χ1v) is 8.06. The number of likely N-dealkylation sites (tertiary alicyclic amines) is 1. The number of nitrogens with one attached hydrogen (secondary N) is 1. The first kappa shape index (κ1) is 17.9. The van der Waals surface area contributed by atoms with Crippen LogP contribution in [0.1, 0.15) is 31.2 Å². The molecular formula is C17H22FN3O3. The smallest absolute Gasteiger partial charge is 0.245 e. The van der Waals surface area contributed by atoms with E-state index in [4.69, 9.17) is 5.73 Å². The maximum absolute atomic E-state index is 13.0. The highest BCUT2D eigenvalue weighted by molar-refractivity contribution is 5.89. The summed E-state index contributed by atoms with van der Waals surface area (Å²) in [6.07, 6.45) is 2.06. The average Bonchev–Trinajstić information content (AvgIpc) is 3.08. The molecule has 0 bridgehead atoms. The minimum absolute atomic E-state index is 0.0530. The van der Waals surface area contributed by atoms with E-state index in [2.05, 4.69) is 5.32 Å². The van der Waals surface area contributed by atoms with Crippen molar-refractivity contribution in [3.63, 3.8) is 0 Å². The predicted octanol–water partition coefficient (Wildman–Crippen LogP) is 0.741. The number of carbonyl (C=O) groups is 3. The summed E-state index contributed by atoms with van der Waals surface area (Å²) in [6.45, 7) is 1.35. The van der Waals surface area contributed by atoms with Gasteiger partial charge in [0.25, 0.3) is 0 Å². The molecule has 3 N–H and O–H groups in total. The van der Waals surface area contributed by atoms with Gasteiger partial charge in [0.2, 0.25) is 17.7 Å². The highest BCUT2D eigenvalue weighted by Gasteiger charge is 2.28. The SMILES string of the molecule is NC(=O)CCC(=O)NC(Cc1ccc(F)cc1)C(=O)N1CCCC1. The van der Waals surface area contributed by atoms with Crippen LogP contribution in [0, 0.1) is 5.82 Å². The number of nitrogens with two attached hydrogens (primary N) is 1. The lowest BCUT2D eigenvalue weighted by molar-refractivity contribution is -0.135. The van der Waals surface area contributed by atoms with Crippen LogP contribution in [-0.2, 0) is 20.8 Å². The lowest BCUT2D eigenvalue weighted by Gasteiger charge is -2.24. The highest BCUT2D eigenvalue weighted by atomic mass is 19.1. The molecule has 3 amide bonds. The molecule has 0 aromatic heterocycles. The molecule has 24 heavy (non-hydrogen) atoms. The summed E-state index contributed by atoms with van der Waals surface area (Å²) in [5.41, 5.74) is 5.79. The van der Waals surface area contributed by atoms with Gasteiger partial charge < -0.3 is 16.0 Å². The molecule has 0 radical (unpaired) electrons. The van der Waals surface area contributed by atoms with Gasteiger partial charge in [-0.15, -0.1) is 0 Å². The summed E-state index contributed by atoms with van der Waals surface area (Å²) in [6, 6.07) is 5.10. The van der Waals surface area contributed by atoms with Crippen LogP contribution in [0.4, 0.5) is 4.39 Å². The Morgan fingerprint density at radius 3 is 2.33 bits per heavy atom. The second-order valence-corrected chi connectivity index (χ2v) is 5.95. The van der Waals surface area contributed by atoms with Crippen molar-refractivity contribution in [2.45, 2.75) is 38.1 Å². The molecule has 1 aliphatic heterocycles. The third kappa shape index (κ3) is 5.33. The van der Waals surface area contributed by atoms with Crippen LogP contribution in [0.3, 0.4) is 0 Å². The van der Waals surface area contributed by atoms with Gasteiger partial charge in [0.05, 0.1) is 0 Å². The van der Waals surface area contributed by atoms with Crippen molar-refractivity contribution < 1.29 is 18.8 Å². The molecule has 7 heteroatoms. The molecule has 2 rings (SSSR count). The summed E-state index contributed by atoms with van der Waals surface area (Å²) in [7, 11) is 0. The minimum Gasteiger partial charge on any atom is -0.370 e. The van der Waals surface area contributed by atoms with E-state index in [0.29, 0.717) is 13.1 Å². The summed E-state index contributed by atoms with van der Waals surface area (Å²) in [4.78, 5) is 37.1. The largest absolute Gasteiger partial charge is 0.370 e. The van der Waals surface area contributed by atoms with Crippen molar-refractivity contribution >= 4 is 17.7 Å². The van der Waals surface area contributed by atoms with E-state index in [1.54, 1.807) is 17.0 Å². The van der Waals surface area contributed by atoms with Crippen molar-refractivity contribution in [1.82, 2.24) is 10.2 Å². The Hall–Kier alpha value is -2.44. The first-order chi connectivity index (χ1) is 11.5. The van der Waals surface area contributed by atoms with Crippen LogP contribution in [0.5, 0.6) is 0 Å². The first-order valence-electron chi connectivity index (χ1n) is 8.06.